The Morgan fingerprint density at radius 3 is 2.52 bits per heavy atom. The molecule has 2 aromatic rings. The summed E-state index contributed by atoms with van der Waals surface area (Å²) in [5.74, 6) is 1.30. The van der Waals surface area contributed by atoms with E-state index in [4.69, 9.17) is 9.52 Å². The van der Waals surface area contributed by atoms with Gasteiger partial charge in [0, 0.05) is 17.7 Å². The van der Waals surface area contributed by atoms with Gasteiger partial charge in [0.2, 0.25) is 5.91 Å². The molecular formula is C17H21NO3. The minimum atomic E-state index is -0.105. The normalized spacial score (nSPS) is 10.6. The van der Waals surface area contributed by atoms with Gasteiger partial charge < -0.3 is 14.8 Å². The van der Waals surface area contributed by atoms with Crippen LogP contribution in [0.4, 0.5) is 5.69 Å². The van der Waals surface area contributed by atoms with E-state index >= 15 is 0 Å². The molecule has 2 N–H and O–H groups in total. The minimum Gasteiger partial charge on any atom is -0.459 e. The van der Waals surface area contributed by atoms with Crippen LogP contribution in [0.15, 0.2) is 40.8 Å². The maximum atomic E-state index is 11.7. The number of anilines is 1. The molecule has 0 spiro atoms. The van der Waals surface area contributed by atoms with Crippen LogP contribution < -0.4 is 5.32 Å². The van der Waals surface area contributed by atoms with Crippen LogP contribution in [0.25, 0.3) is 11.3 Å². The summed E-state index contributed by atoms with van der Waals surface area (Å²) in [5.41, 5.74) is 1.70. The van der Waals surface area contributed by atoms with Crippen LogP contribution >= 0.6 is 0 Å². The molecule has 0 atom stereocenters. The molecule has 4 heteroatoms. The molecule has 2 rings (SSSR count). The molecule has 0 saturated carbocycles. The van der Waals surface area contributed by atoms with Crippen LogP contribution in [-0.2, 0) is 11.4 Å². The molecule has 0 saturated heterocycles. The van der Waals surface area contributed by atoms with Crippen molar-refractivity contribution in [2.45, 2.75) is 39.2 Å². The Hall–Kier alpha value is -2.07. The maximum absolute atomic E-state index is 11.7. The van der Waals surface area contributed by atoms with Crippen LogP contribution in [0.2, 0.25) is 0 Å². The van der Waals surface area contributed by atoms with Crippen LogP contribution in [0, 0.1) is 0 Å². The molecule has 21 heavy (non-hydrogen) atoms. The highest BCUT2D eigenvalue weighted by Gasteiger charge is 2.05. The van der Waals surface area contributed by atoms with Crippen molar-refractivity contribution in [1.29, 1.82) is 0 Å². The average Bonchev–Trinajstić information content (AvgIpc) is 2.97. The van der Waals surface area contributed by atoms with Gasteiger partial charge in [0.15, 0.2) is 0 Å². The Morgan fingerprint density at radius 1 is 1.14 bits per heavy atom. The summed E-state index contributed by atoms with van der Waals surface area (Å²) in [6, 6.07) is 11.1. The van der Waals surface area contributed by atoms with Crippen LogP contribution in [0.1, 0.15) is 38.4 Å². The lowest BCUT2D eigenvalue weighted by Crippen LogP contribution is -2.10. The summed E-state index contributed by atoms with van der Waals surface area (Å²) < 4.78 is 5.47. The minimum absolute atomic E-state index is 0.0526. The van der Waals surface area contributed by atoms with E-state index in [0.717, 1.165) is 30.5 Å². The Labute approximate surface area is 124 Å². The maximum Gasteiger partial charge on any atom is 0.224 e. The van der Waals surface area contributed by atoms with Crippen molar-refractivity contribution in [3.05, 3.63) is 42.2 Å². The number of hydrogen-bond donors (Lipinski definition) is 2. The first-order valence-corrected chi connectivity index (χ1v) is 7.32. The predicted molar refractivity (Wildman–Crippen MR) is 82.8 cm³/mol. The van der Waals surface area contributed by atoms with E-state index in [-0.39, 0.29) is 12.5 Å². The average molecular weight is 287 g/mol. The lowest BCUT2D eigenvalue weighted by Gasteiger charge is -2.05. The van der Waals surface area contributed by atoms with Crippen LogP contribution in [-0.4, -0.2) is 11.0 Å². The Bertz CT molecular complexity index is 572. The zero-order valence-electron chi connectivity index (χ0n) is 12.3. The Balaban J connectivity index is 1.94. The van der Waals surface area contributed by atoms with Gasteiger partial charge in [0.25, 0.3) is 0 Å². The molecular weight excluding hydrogens is 266 g/mol. The van der Waals surface area contributed by atoms with Crippen molar-refractivity contribution < 1.29 is 14.3 Å². The monoisotopic (exact) mass is 287 g/mol. The summed E-state index contributed by atoms with van der Waals surface area (Å²) in [7, 11) is 0. The first kappa shape index (κ1) is 15.3. The van der Waals surface area contributed by atoms with E-state index in [1.807, 2.05) is 30.3 Å². The number of aliphatic hydroxyl groups excluding tert-OH is 1. The predicted octanol–water partition coefficient (Wildman–Crippen LogP) is 3.96. The Kier molecular flexibility index (Phi) is 5.58. The SMILES string of the molecule is CCCCCC(=O)Nc1ccc(-c2ccc(CO)o2)cc1. The number of aliphatic hydroxyl groups is 1. The van der Waals surface area contributed by atoms with Crippen LogP contribution in [0.5, 0.6) is 0 Å². The molecule has 0 unspecified atom stereocenters. The third-order valence-corrected chi connectivity index (χ3v) is 3.28. The van der Waals surface area contributed by atoms with E-state index in [0.29, 0.717) is 17.9 Å². The fourth-order valence-electron chi connectivity index (χ4n) is 2.09. The molecule has 1 aromatic heterocycles. The molecule has 0 aliphatic rings. The topological polar surface area (TPSA) is 62.5 Å². The molecule has 1 amide bonds. The van der Waals surface area contributed by atoms with Gasteiger partial charge >= 0.3 is 0 Å². The molecule has 0 fully saturated rings. The number of amides is 1. The number of carbonyl (C=O) groups excluding carboxylic acids is 1. The third kappa shape index (κ3) is 4.46. The van der Waals surface area contributed by atoms with Crippen LogP contribution in [0.3, 0.4) is 0 Å². The van der Waals surface area contributed by atoms with Gasteiger partial charge in [-0.15, -0.1) is 0 Å². The molecule has 0 aliphatic carbocycles. The zero-order chi connectivity index (χ0) is 15.1. The standard InChI is InChI=1S/C17H21NO3/c1-2-3-4-5-17(20)18-14-8-6-13(7-9-14)16-11-10-15(12-19)21-16/h6-11,19H,2-5,12H2,1H3,(H,18,20). The molecule has 112 valence electrons. The first-order valence-electron chi connectivity index (χ1n) is 7.32. The summed E-state index contributed by atoms with van der Waals surface area (Å²) in [6.45, 7) is 2.01. The fraction of sp³-hybridized carbons (Fsp3) is 0.353. The van der Waals surface area contributed by atoms with Crippen molar-refractivity contribution in [3.63, 3.8) is 0 Å². The second kappa shape index (κ2) is 7.64. The van der Waals surface area contributed by atoms with Gasteiger partial charge in [-0.1, -0.05) is 19.8 Å². The van der Waals surface area contributed by atoms with E-state index in [1.165, 1.54) is 0 Å². The van der Waals surface area contributed by atoms with Crippen molar-refractivity contribution in [2.75, 3.05) is 5.32 Å². The summed E-state index contributed by atoms with van der Waals surface area (Å²) in [5, 5.41) is 11.9. The van der Waals surface area contributed by atoms with Crippen molar-refractivity contribution in [2.24, 2.45) is 0 Å². The number of nitrogens with one attached hydrogen (secondary N) is 1. The number of carbonyl (C=O) groups is 1. The van der Waals surface area contributed by atoms with Crippen molar-refractivity contribution in [3.8, 4) is 11.3 Å². The highest BCUT2D eigenvalue weighted by Crippen LogP contribution is 2.24. The van der Waals surface area contributed by atoms with Gasteiger partial charge in [-0.05, 0) is 42.8 Å². The fourth-order valence-corrected chi connectivity index (χ4v) is 2.09. The summed E-state index contributed by atoms with van der Waals surface area (Å²) in [4.78, 5) is 11.7. The Morgan fingerprint density at radius 2 is 1.90 bits per heavy atom. The molecule has 1 aromatic carbocycles. The number of hydrogen-bond acceptors (Lipinski definition) is 3. The van der Waals surface area contributed by atoms with Crippen molar-refractivity contribution >= 4 is 11.6 Å². The van der Waals surface area contributed by atoms with E-state index in [1.54, 1.807) is 6.07 Å². The van der Waals surface area contributed by atoms with Gasteiger partial charge in [-0.25, -0.2) is 0 Å². The summed E-state index contributed by atoms with van der Waals surface area (Å²) in [6.07, 6.45) is 3.68. The lowest BCUT2D eigenvalue weighted by molar-refractivity contribution is -0.116. The molecule has 1 heterocycles. The van der Waals surface area contributed by atoms with E-state index in [2.05, 4.69) is 12.2 Å². The number of furan rings is 1. The molecule has 0 bridgehead atoms. The first-order chi connectivity index (χ1) is 10.2. The zero-order valence-corrected chi connectivity index (χ0v) is 12.3. The van der Waals surface area contributed by atoms with Crippen molar-refractivity contribution in [1.82, 2.24) is 0 Å². The number of rotatable bonds is 7. The molecule has 0 aliphatic heterocycles. The number of benzene rings is 1. The van der Waals surface area contributed by atoms with E-state index < -0.39 is 0 Å². The highest BCUT2D eigenvalue weighted by atomic mass is 16.4. The smallest absolute Gasteiger partial charge is 0.224 e. The summed E-state index contributed by atoms with van der Waals surface area (Å²) >= 11 is 0. The largest absolute Gasteiger partial charge is 0.459 e. The molecule has 0 radical (unpaired) electrons. The quantitative estimate of drug-likeness (QED) is 0.758. The lowest BCUT2D eigenvalue weighted by atomic mass is 10.1. The number of unbranched alkanes of at least 4 members (excludes halogenated alkanes) is 2. The van der Waals surface area contributed by atoms with E-state index in [9.17, 15) is 4.79 Å². The van der Waals surface area contributed by atoms with Gasteiger partial charge in [0.05, 0.1) is 0 Å². The third-order valence-electron chi connectivity index (χ3n) is 3.28. The highest BCUT2D eigenvalue weighted by molar-refractivity contribution is 5.90. The molecule has 4 nitrogen and oxygen atoms in total. The van der Waals surface area contributed by atoms with Gasteiger partial charge in [0.1, 0.15) is 18.1 Å². The van der Waals surface area contributed by atoms with Gasteiger partial charge in [-0.2, -0.15) is 0 Å². The van der Waals surface area contributed by atoms with Gasteiger partial charge in [-0.3, -0.25) is 4.79 Å². The second-order valence-electron chi connectivity index (χ2n) is 5.01. The second-order valence-corrected chi connectivity index (χ2v) is 5.01.